The van der Waals surface area contributed by atoms with E-state index in [2.05, 4.69) is 15.4 Å². The van der Waals surface area contributed by atoms with Crippen LogP contribution in [-0.4, -0.2) is 41.9 Å². The second-order valence-electron chi connectivity index (χ2n) is 3.37. The number of nitrogens with one attached hydrogen (secondary N) is 1. The van der Waals surface area contributed by atoms with Gasteiger partial charge in [0.05, 0.1) is 19.8 Å². The number of hydrogen-bond donors (Lipinski definition) is 3. The molecule has 0 aliphatic carbocycles. The minimum Gasteiger partial charge on any atom is -0.490 e. The van der Waals surface area contributed by atoms with E-state index in [-0.39, 0.29) is 12.6 Å². The van der Waals surface area contributed by atoms with Gasteiger partial charge in [0.2, 0.25) is 5.75 Å². The number of nitrogen functional groups attached to an aromatic ring is 1. The van der Waals surface area contributed by atoms with Crippen LogP contribution in [0.2, 0.25) is 0 Å². The van der Waals surface area contributed by atoms with E-state index in [1.807, 2.05) is 14.0 Å². The monoisotopic (exact) mass is 227 g/mol. The van der Waals surface area contributed by atoms with Crippen molar-refractivity contribution in [2.45, 2.75) is 13.0 Å². The molecule has 1 aromatic heterocycles. The van der Waals surface area contributed by atoms with E-state index < -0.39 is 0 Å². The Labute approximate surface area is 94.2 Å². The maximum Gasteiger partial charge on any atom is 0.205 e. The average molecular weight is 227 g/mol. The Bertz CT molecular complexity index is 347. The predicted octanol–water partition coefficient (Wildman–Crippen LogP) is -0.412. The summed E-state index contributed by atoms with van der Waals surface area (Å²) in [5.41, 5.74) is 2.43. The molecule has 90 valence electrons. The molecule has 0 fully saturated rings. The van der Waals surface area contributed by atoms with Gasteiger partial charge in [-0.05, 0) is 6.92 Å². The van der Waals surface area contributed by atoms with Crippen molar-refractivity contribution >= 4 is 11.6 Å². The summed E-state index contributed by atoms with van der Waals surface area (Å²) in [7, 11) is 3.33. The Morgan fingerprint density at radius 3 is 2.81 bits per heavy atom. The summed E-state index contributed by atoms with van der Waals surface area (Å²) in [6.07, 6.45) is 1.38. The predicted molar refractivity (Wildman–Crippen MR) is 61.3 cm³/mol. The van der Waals surface area contributed by atoms with Crippen LogP contribution >= 0.6 is 0 Å². The number of hydrazine groups is 1. The molecule has 1 aromatic rings. The lowest BCUT2D eigenvalue weighted by Gasteiger charge is -2.26. The number of aliphatic hydroxyl groups is 1. The zero-order chi connectivity index (χ0) is 12.1. The van der Waals surface area contributed by atoms with Gasteiger partial charge in [-0.3, -0.25) is 0 Å². The molecular formula is C9H17N5O2. The Morgan fingerprint density at radius 1 is 1.62 bits per heavy atom. The van der Waals surface area contributed by atoms with Crippen molar-refractivity contribution in [1.29, 1.82) is 0 Å². The molecule has 1 heterocycles. The Kier molecular flexibility index (Phi) is 4.27. The van der Waals surface area contributed by atoms with Crippen molar-refractivity contribution in [2.75, 3.05) is 31.1 Å². The quantitative estimate of drug-likeness (QED) is 0.464. The van der Waals surface area contributed by atoms with E-state index in [0.717, 1.165) is 0 Å². The second kappa shape index (κ2) is 5.47. The molecule has 4 N–H and O–H groups in total. The van der Waals surface area contributed by atoms with Gasteiger partial charge in [-0.15, -0.1) is 0 Å². The van der Waals surface area contributed by atoms with Crippen molar-refractivity contribution in [3.8, 4) is 5.75 Å². The van der Waals surface area contributed by atoms with E-state index in [9.17, 15) is 0 Å². The van der Waals surface area contributed by atoms with E-state index in [4.69, 9.17) is 15.7 Å². The van der Waals surface area contributed by atoms with Gasteiger partial charge in [-0.2, -0.15) is 0 Å². The zero-order valence-corrected chi connectivity index (χ0v) is 9.64. The van der Waals surface area contributed by atoms with Crippen LogP contribution < -0.4 is 20.9 Å². The van der Waals surface area contributed by atoms with Crippen molar-refractivity contribution < 1.29 is 9.84 Å². The third-order valence-electron chi connectivity index (χ3n) is 2.39. The van der Waals surface area contributed by atoms with Crippen LogP contribution in [0.5, 0.6) is 5.75 Å². The number of aliphatic hydroxyl groups excluding tert-OH is 1. The molecule has 0 aromatic carbocycles. The molecule has 16 heavy (non-hydrogen) atoms. The van der Waals surface area contributed by atoms with Gasteiger partial charge in [0.15, 0.2) is 11.6 Å². The van der Waals surface area contributed by atoms with Crippen LogP contribution in [0.25, 0.3) is 0 Å². The van der Waals surface area contributed by atoms with E-state index in [1.54, 1.807) is 4.90 Å². The molecule has 0 bridgehead atoms. The molecule has 0 aliphatic heterocycles. The number of rotatable bonds is 5. The molecule has 0 saturated heterocycles. The lowest BCUT2D eigenvalue weighted by Crippen LogP contribution is -2.33. The van der Waals surface area contributed by atoms with Crippen molar-refractivity contribution in [2.24, 2.45) is 5.84 Å². The second-order valence-corrected chi connectivity index (χ2v) is 3.37. The number of aromatic nitrogens is 2. The van der Waals surface area contributed by atoms with Crippen LogP contribution in [0, 0.1) is 0 Å². The van der Waals surface area contributed by atoms with Gasteiger partial charge >= 0.3 is 0 Å². The first-order chi connectivity index (χ1) is 7.65. The SMILES string of the molecule is COc1c(NN)ncnc1N(C)C(C)CO. The Hall–Kier alpha value is -1.60. The Balaban J connectivity index is 3.12. The minimum atomic E-state index is -0.0746. The average Bonchev–Trinajstić information content (AvgIpc) is 2.35. The van der Waals surface area contributed by atoms with Crippen molar-refractivity contribution in [1.82, 2.24) is 9.97 Å². The van der Waals surface area contributed by atoms with Gasteiger partial charge in [0, 0.05) is 7.05 Å². The molecule has 1 unspecified atom stereocenters. The number of likely N-dealkylation sites (N-methyl/N-ethyl adjacent to an activating group) is 1. The van der Waals surface area contributed by atoms with Gasteiger partial charge in [0.25, 0.3) is 0 Å². The summed E-state index contributed by atoms with van der Waals surface area (Å²) in [6.45, 7) is 1.89. The van der Waals surface area contributed by atoms with Crippen molar-refractivity contribution in [3.63, 3.8) is 0 Å². The molecular weight excluding hydrogens is 210 g/mol. The van der Waals surface area contributed by atoms with Crippen molar-refractivity contribution in [3.05, 3.63) is 6.33 Å². The number of nitrogens with zero attached hydrogens (tertiary/aromatic N) is 3. The fraction of sp³-hybridized carbons (Fsp3) is 0.556. The number of nitrogens with two attached hydrogens (primary N) is 1. The van der Waals surface area contributed by atoms with E-state index >= 15 is 0 Å². The number of ether oxygens (including phenoxy) is 1. The Morgan fingerprint density at radius 2 is 2.31 bits per heavy atom. The molecule has 0 radical (unpaired) electrons. The van der Waals surface area contributed by atoms with Gasteiger partial charge in [0.1, 0.15) is 6.33 Å². The summed E-state index contributed by atoms with van der Waals surface area (Å²) in [5.74, 6) is 6.75. The highest BCUT2D eigenvalue weighted by molar-refractivity contribution is 5.64. The molecule has 7 nitrogen and oxygen atoms in total. The van der Waals surface area contributed by atoms with E-state index in [0.29, 0.717) is 17.4 Å². The summed E-state index contributed by atoms with van der Waals surface area (Å²) >= 11 is 0. The van der Waals surface area contributed by atoms with Gasteiger partial charge < -0.3 is 20.2 Å². The molecule has 0 saturated carbocycles. The highest BCUT2D eigenvalue weighted by atomic mass is 16.5. The van der Waals surface area contributed by atoms with Crippen LogP contribution in [0.1, 0.15) is 6.92 Å². The number of hydrogen-bond acceptors (Lipinski definition) is 7. The third kappa shape index (κ3) is 2.31. The van der Waals surface area contributed by atoms with Gasteiger partial charge in [-0.25, -0.2) is 15.8 Å². The first-order valence-corrected chi connectivity index (χ1v) is 4.85. The first-order valence-electron chi connectivity index (χ1n) is 4.85. The molecule has 0 aliphatic rings. The normalized spacial score (nSPS) is 12.1. The summed E-state index contributed by atoms with van der Waals surface area (Å²) in [5, 5.41) is 9.09. The molecule has 7 heteroatoms. The first kappa shape index (κ1) is 12.5. The topological polar surface area (TPSA) is 96.5 Å². The summed E-state index contributed by atoms with van der Waals surface area (Å²) < 4.78 is 5.19. The largest absolute Gasteiger partial charge is 0.490 e. The van der Waals surface area contributed by atoms with Crippen LogP contribution in [-0.2, 0) is 0 Å². The van der Waals surface area contributed by atoms with Crippen LogP contribution in [0.3, 0.4) is 0 Å². The molecule has 1 atom stereocenters. The van der Waals surface area contributed by atoms with Crippen LogP contribution in [0.4, 0.5) is 11.6 Å². The number of methoxy groups -OCH3 is 1. The maximum atomic E-state index is 9.09. The molecule has 0 spiro atoms. The lowest BCUT2D eigenvalue weighted by molar-refractivity contribution is 0.269. The zero-order valence-electron chi connectivity index (χ0n) is 9.64. The fourth-order valence-corrected chi connectivity index (χ4v) is 1.24. The highest BCUT2D eigenvalue weighted by Crippen LogP contribution is 2.31. The fourth-order valence-electron chi connectivity index (χ4n) is 1.24. The maximum absolute atomic E-state index is 9.09. The standard InChI is InChI=1S/C9H17N5O2/c1-6(4-15)14(2)9-7(16-3)8(13-10)11-5-12-9/h5-6,15H,4,10H2,1-3H3,(H,11,12,13). The van der Waals surface area contributed by atoms with Gasteiger partial charge in [-0.1, -0.05) is 0 Å². The lowest BCUT2D eigenvalue weighted by atomic mass is 10.3. The van der Waals surface area contributed by atoms with E-state index in [1.165, 1.54) is 13.4 Å². The smallest absolute Gasteiger partial charge is 0.205 e. The highest BCUT2D eigenvalue weighted by Gasteiger charge is 2.18. The summed E-state index contributed by atoms with van der Waals surface area (Å²) in [4.78, 5) is 9.84. The third-order valence-corrected chi connectivity index (χ3v) is 2.39. The minimum absolute atomic E-state index is 0.0229. The molecule has 0 amide bonds. The van der Waals surface area contributed by atoms with Crippen LogP contribution in [0.15, 0.2) is 6.33 Å². The summed E-state index contributed by atoms with van der Waals surface area (Å²) in [6, 6.07) is -0.0746. The number of anilines is 2. The molecule has 1 rings (SSSR count).